The first-order valence-electron chi connectivity index (χ1n) is 3.97. The van der Waals surface area contributed by atoms with Crippen molar-refractivity contribution in [2.75, 3.05) is 0 Å². The second-order valence-electron chi connectivity index (χ2n) is 3.09. The highest BCUT2D eigenvalue weighted by Crippen LogP contribution is 2.18. The van der Waals surface area contributed by atoms with Crippen LogP contribution in [0.25, 0.3) is 6.08 Å². The van der Waals surface area contributed by atoms with Crippen LogP contribution in [0.15, 0.2) is 24.4 Å². The van der Waals surface area contributed by atoms with Gasteiger partial charge in [0.05, 0.1) is 0 Å². The Bertz CT molecular complexity index is 366. The zero-order chi connectivity index (χ0) is 8.55. The van der Waals surface area contributed by atoms with Crippen molar-refractivity contribution in [1.82, 2.24) is 0 Å². The normalized spacial score (nSPS) is 14.6. The highest BCUT2D eigenvalue weighted by Gasteiger charge is 2.14. The lowest BCUT2D eigenvalue weighted by Crippen LogP contribution is -2.05. The second-order valence-corrected chi connectivity index (χ2v) is 3.09. The fourth-order valence-corrected chi connectivity index (χ4v) is 1.40. The molecule has 1 aromatic carbocycles. The Labute approximate surface area is 71.1 Å². The molecule has 0 radical (unpaired) electrons. The third-order valence-corrected chi connectivity index (χ3v) is 2.05. The van der Waals surface area contributed by atoms with E-state index in [9.17, 15) is 4.91 Å². The van der Waals surface area contributed by atoms with Gasteiger partial charge in [0, 0.05) is 21.3 Å². The van der Waals surface area contributed by atoms with Gasteiger partial charge in [0.1, 0.15) is 0 Å². The number of nitroso groups, excluding NO2 is 1. The molecule has 0 aliphatic carbocycles. The van der Waals surface area contributed by atoms with Crippen molar-refractivity contribution in [2.45, 2.75) is 13.5 Å². The first-order chi connectivity index (χ1) is 5.75. The molecular weight excluding hydrogens is 150 g/mol. The van der Waals surface area contributed by atoms with Crippen LogP contribution in [0.4, 0.5) is 0 Å². The highest BCUT2D eigenvalue weighted by atomic mass is 16.3. The van der Waals surface area contributed by atoms with Crippen LogP contribution in [0.5, 0.6) is 0 Å². The largest absolute Gasteiger partial charge is 0.223 e. The van der Waals surface area contributed by atoms with Gasteiger partial charge >= 0.3 is 0 Å². The van der Waals surface area contributed by atoms with Gasteiger partial charge in [-0.2, -0.15) is 0 Å². The van der Waals surface area contributed by atoms with Gasteiger partial charge in [0.25, 0.3) is 0 Å². The maximum Gasteiger partial charge on any atom is 0.223 e. The van der Waals surface area contributed by atoms with Crippen LogP contribution >= 0.6 is 0 Å². The topological polar surface area (TPSA) is 20.1 Å². The zero-order valence-electron chi connectivity index (χ0n) is 6.95. The van der Waals surface area contributed by atoms with Crippen molar-refractivity contribution in [3.63, 3.8) is 0 Å². The number of benzene rings is 1. The third-order valence-electron chi connectivity index (χ3n) is 2.05. The first kappa shape index (κ1) is 7.22. The molecule has 0 fully saturated rings. The van der Waals surface area contributed by atoms with Gasteiger partial charge in [-0.1, -0.05) is 23.8 Å². The highest BCUT2D eigenvalue weighted by molar-refractivity contribution is 5.54. The SMILES string of the molecule is Cc1ccc2c(c1)C=C[N+](=O)C2. The first-order valence-corrected chi connectivity index (χ1v) is 3.97. The quantitative estimate of drug-likeness (QED) is 0.533. The molecular formula is C10H10NO+. The molecule has 0 N–H and O–H groups in total. The Morgan fingerprint density at radius 1 is 1.42 bits per heavy atom. The van der Waals surface area contributed by atoms with E-state index < -0.39 is 0 Å². The summed E-state index contributed by atoms with van der Waals surface area (Å²) in [4.78, 5) is 10.9. The van der Waals surface area contributed by atoms with Crippen LogP contribution in [0.3, 0.4) is 0 Å². The molecule has 1 aromatic rings. The number of aryl methyl sites for hydroxylation is 1. The lowest BCUT2D eigenvalue weighted by Gasteiger charge is -2.04. The van der Waals surface area contributed by atoms with E-state index in [0.717, 1.165) is 10.3 Å². The Hall–Kier alpha value is -1.44. The monoisotopic (exact) mass is 160 g/mol. The third kappa shape index (κ3) is 1.16. The number of hydrogen-bond donors (Lipinski definition) is 0. The summed E-state index contributed by atoms with van der Waals surface area (Å²) in [6.45, 7) is 2.53. The molecule has 2 nitrogen and oxygen atoms in total. The van der Waals surface area contributed by atoms with Gasteiger partial charge in [-0.05, 0) is 12.5 Å². The summed E-state index contributed by atoms with van der Waals surface area (Å²) in [6, 6.07) is 6.14. The van der Waals surface area contributed by atoms with E-state index in [-0.39, 0.29) is 0 Å². The summed E-state index contributed by atoms with van der Waals surface area (Å²) < 4.78 is 0.942. The van der Waals surface area contributed by atoms with Crippen LogP contribution < -0.4 is 0 Å². The minimum atomic E-state index is 0.478. The van der Waals surface area contributed by atoms with Crippen LogP contribution in [0.1, 0.15) is 16.7 Å². The van der Waals surface area contributed by atoms with E-state index in [1.165, 1.54) is 11.1 Å². The van der Waals surface area contributed by atoms with Crippen LogP contribution in [0, 0.1) is 11.8 Å². The van der Waals surface area contributed by atoms with E-state index in [1.807, 2.05) is 18.2 Å². The summed E-state index contributed by atoms with van der Waals surface area (Å²) in [5, 5.41) is 0. The Morgan fingerprint density at radius 3 is 3.08 bits per heavy atom. The van der Waals surface area contributed by atoms with E-state index in [4.69, 9.17) is 0 Å². The molecule has 12 heavy (non-hydrogen) atoms. The van der Waals surface area contributed by atoms with Gasteiger partial charge in [-0.3, -0.25) is 0 Å². The van der Waals surface area contributed by atoms with Crippen LogP contribution in [-0.4, -0.2) is 4.76 Å². The van der Waals surface area contributed by atoms with E-state index >= 15 is 0 Å². The van der Waals surface area contributed by atoms with Crippen LogP contribution in [-0.2, 0) is 6.54 Å². The summed E-state index contributed by atoms with van der Waals surface area (Å²) in [6.07, 6.45) is 3.43. The van der Waals surface area contributed by atoms with Gasteiger partial charge in [-0.15, -0.1) is 0 Å². The minimum Gasteiger partial charge on any atom is -0.0588 e. The average Bonchev–Trinajstić information content (AvgIpc) is 2.05. The van der Waals surface area contributed by atoms with Crippen molar-refractivity contribution in [3.8, 4) is 0 Å². The molecule has 2 rings (SSSR count). The van der Waals surface area contributed by atoms with E-state index in [0.29, 0.717) is 6.54 Å². The average molecular weight is 160 g/mol. The van der Waals surface area contributed by atoms with Crippen molar-refractivity contribution >= 4 is 6.08 Å². The standard InChI is InChI=1S/C10H10NO/c1-8-2-3-10-7-11(12)5-4-9(10)6-8/h2-6H,7H2,1H3/q+1. The van der Waals surface area contributed by atoms with Gasteiger partial charge in [0.2, 0.25) is 12.7 Å². The number of hydrogen-bond acceptors (Lipinski definition) is 1. The minimum absolute atomic E-state index is 0.478. The lowest BCUT2D eigenvalue weighted by atomic mass is 10.0. The van der Waals surface area contributed by atoms with Crippen LogP contribution in [0.2, 0.25) is 0 Å². The molecule has 0 bridgehead atoms. The fraction of sp³-hybridized carbons (Fsp3) is 0.200. The maximum atomic E-state index is 10.9. The number of rotatable bonds is 0. The summed E-state index contributed by atoms with van der Waals surface area (Å²) in [5.74, 6) is 0. The molecule has 60 valence electrons. The van der Waals surface area contributed by atoms with E-state index in [1.54, 1.807) is 6.20 Å². The summed E-state index contributed by atoms with van der Waals surface area (Å²) >= 11 is 0. The molecule has 0 atom stereocenters. The van der Waals surface area contributed by atoms with Crippen molar-refractivity contribution < 1.29 is 4.76 Å². The van der Waals surface area contributed by atoms with Gasteiger partial charge in [-0.25, -0.2) is 0 Å². The zero-order valence-corrected chi connectivity index (χ0v) is 6.95. The van der Waals surface area contributed by atoms with Gasteiger partial charge < -0.3 is 0 Å². The molecule has 0 amide bonds. The second kappa shape index (κ2) is 2.55. The molecule has 2 heteroatoms. The van der Waals surface area contributed by atoms with E-state index in [2.05, 4.69) is 13.0 Å². The van der Waals surface area contributed by atoms with Crippen molar-refractivity contribution in [2.24, 2.45) is 0 Å². The Morgan fingerprint density at radius 2 is 2.25 bits per heavy atom. The predicted molar refractivity (Wildman–Crippen MR) is 47.5 cm³/mol. The van der Waals surface area contributed by atoms with Crippen molar-refractivity contribution in [1.29, 1.82) is 0 Å². The molecule has 0 saturated heterocycles. The Kier molecular flexibility index (Phi) is 1.54. The molecule has 1 aliphatic rings. The summed E-state index contributed by atoms with van der Waals surface area (Å²) in [7, 11) is 0. The molecule has 1 heterocycles. The summed E-state index contributed by atoms with van der Waals surface area (Å²) in [5.41, 5.74) is 3.51. The molecule has 0 aromatic heterocycles. The Balaban J connectivity index is 2.54. The fourth-order valence-electron chi connectivity index (χ4n) is 1.40. The number of nitrogens with zero attached hydrogens (tertiary/aromatic N) is 1. The molecule has 1 aliphatic heterocycles. The predicted octanol–water partition coefficient (Wildman–Crippen LogP) is 2.26. The lowest BCUT2D eigenvalue weighted by molar-refractivity contribution is -0.496. The maximum absolute atomic E-state index is 10.9. The number of fused-ring (bicyclic) bond motifs is 1. The molecule has 0 saturated carbocycles. The van der Waals surface area contributed by atoms with Gasteiger partial charge in [0.15, 0.2) is 0 Å². The molecule has 0 spiro atoms. The van der Waals surface area contributed by atoms with Crippen molar-refractivity contribution in [3.05, 3.63) is 46.0 Å². The smallest absolute Gasteiger partial charge is 0.0588 e. The molecule has 0 unspecified atom stereocenters.